The summed E-state index contributed by atoms with van der Waals surface area (Å²) < 4.78 is 12.0. The predicted octanol–water partition coefficient (Wildman–Crippen LogP) is 4.66. The van der Waals surface area contributed by atoms with Crippen LogP contribution in [0.2, 0.25) is 10.0 Å². The second-order valence-corrected chi connectivity index (χ2v) is 6.67. The van der Waals surface area contributed by atoms with Gasteiger partial charge in [0.1, 0.15) is 12.7 Å². The van der Waals surface area contributed by atoms with Crippen molar-refractivity contribution in [3.8, 4) is 11.5 Å². The lowest BCUT2D eigenvalue weighted by Crippen LogP contribution is -2.21. The summed E-state index contributed by atoms with van der Waals surface area (Å²) in [4.78, 5) is 2.26. The number of hydrogen-bond donors (Lipinski definition) is 0. The first-order chi connectivity index (χ1) is 11.1. The van der Waals surface area contributed by atoms with Gasteiger partial charge in [0.05, 0.1) is 0 Å². The van der Waals surface area contributed by atoms with Gasteiger partial charge in [-0.15, -0.1) is 0 Å². The first kappa shape index (κ1) is 16.4. The van der Waals surface area contributed by atoms with Crippen LogP contribution in [0.5, 0.6) is 11.5 Å². The van der Waals surface area contributed by atoms with Crippen LogP contribution >= 0.6 is 23.2 Å². The minimum absolute atomic E-state index is 0.190. The monoisotopic (exact) mass is 351 g/mol. The number of benzene rings is 2. The standard InChI is InChI=1S/C18H19Cl2NO2/c1-21-8-7-16(11-21)23-17-6-5-15(20)10-18(17)22-12-13-3-2-4-14(19)9-13/h2-6,9-10,16H,7-8,11-12H2,1H3/t16-/m1/s1. The molecule has 1 atom stereocenters. The second kappa shape index (κ2) is 7.43. The molecule has 0 saturated carbocycles. The normalized spacial score (nSPS) is 18.1. The van der Waals surface area contributed by atoms with E-state index in [9.17, 15) is 0 Å². The van der Waals surface area contributed by atoms with Gasteiger partial charge in [-0.2, -0.15) is 0 Å². The summed E-state index contributed by atoms with van der Waals surface area (Å²) in [6.45, 7) is 2.40. The number of likely N-dealkylation sites (tertiary alicyclic amines) is 1. The minimum atomic E-state index is 0.190. The summed E-state index contributed by atoms with van der Waals surface area (Å²) in [7, 11) is 2.10. The molecule has 5 heteroatoms. The van der Waals surface area contributed by atoms with E-state index in [1.54, 1.807) is 6.07 Å². The Morgan fingerprint density at radius 2 is 1.91 bits per heavy atom. The molecule has 23 heavy (non-hydrogen) atoms. The SMILES string of the molecule is CN1CC[C@@H](Oc2ccc(Cl)cc2OCc2cccc(Cl)c2)C1. The molecule has 1 heterocycles. The van der Waals surface area contributed by atoms with Crippen molar-refractivity contribution in [1.29, 1.82) is 0 Å². The van der Waals surface area contributed by atoms with E-state index in [1.807, 2.05) is 36.4 Å². The molecule has 0 aliphatic carbocycles. The molecule has 3 nitrogen and oxygen atoms in total. The zero-order chi connectivity index (χ0) is 16.2. The summed E-state index contributed by atoms with van der Waals surface area (Å²) in [6, 6.07) is 13.1. The number of nitrogens with zero attached hydrogens (tertiary/aromatic N) is 1. The van der Waals surface area contributed by atoms with Crippen molar-refractivity contribution in [2.75, 3.05) is 20.1 Å². The largest absolute Gasteiger partial charge is 0.485 e. The molecule has 0 aromatic heterocycles. The molecule has 0 N–H and O–H groups in total. The van der Waals surface area contributed by atoms with Crippen molar-refractivity contribution in [3.63, 3.8) is 0 Å². The third-order valence-electron chi connectivity index (χ3n) is 3.83. The summed E-state index contributed by atoms with van der Waals surface area (Å²) in [5, 5.41) is 1.32. The molecule has 1 aliphatic rings. The highest BCUT2D eigenvalue weighted by molar-refractivity contribution is 6.31. The maximum Gasteiger partial charge on any atom is 0.163 e. The minimum Gasteiger partial charge on any atom is -0.485 e. The van der Waals surface area contributed by atoms with E-state index in [-0.39, 0.29) is 6.10 Å². The molecule has 1 saturated heterocycles. The van der Waals surface area contributed by atoms with E-state index in [1.165, 1.54) is 0 Å². The average Bonchev–Trinajstić information content (AvgIpc) is 2.93. The Labute approximate surface area is 146 Å². The molecule has 0 bridgehead atoms. The van der Waals surface area contributed by atoms with E-state index in [0.717, 1.165) is 30.8 Å². The van der Waals surface area contributed by atoms with Crippen molar-refractivity contribution >= 4 is 23.2 Å². The Kier molecular flexibility index (Phi) is 5.31. The van der Waals surface area contributed by atoms with E-state index < -0.39 is 0 Å². The maximum atomic E-state index is 6.10. The molecule has 0 amide bonds. The highest BCUT2D eigenvalue weighted by Gasteiger charge is 2.22. The third-order valence-corrected chi connectivity index (χ3v) is 4.30. The van der Waals surface area contributed by atoms with E-state index in [0.29, 0.717) is 22.4 Å². The zero-order valence-electron chi connectivity index (χ0n) is 13.0. The topological polar surface area (TPSA) is 21.7 Å². The zero-order valence-corrected chi connectivity index (χ0v) is 14.5. The molecule has 0 spiro atoms. The smallest absolute Gasteiger partial charge is 0.163 e. The molecule has 3 rings (SSSR count). The van der Waals surface area contributed by atoms with Crippen molar-refractivity contribution in [2.45, 2.75) is 19.1 Å². The number of rotatable bonds is 5. The van der Waals surface area contributed by atoms with Crippen LogP contribution in [-0.2, 0) is 6.61 Å². The fourth-order valence-corrected chi connectivity index (χ4v) is 3.03. The number of likely N-dealkylation sites (N-methyl/N-ethyl adjacent to an activating group) is 1. The molecule has 2 aromatic rings. The Bertz CT molecular complexity index is 678. The fourth-order valence-electron chi connectivity index (χ4n) is 2.65. The highest BCUT2D eigenvalue weighted by Crippen LogP contribution is 2.33. The summed E-state index contributed by atoms with van der Waals surface area (Å²) in [5.41, 5.74) is 1.00. The molecule has 0 radical (unpaired) electrons. The van der Waals surface area contributed by atoms with Crippen LogP contribution in [0.3, 0.4) is 0 Å². The Morgan fingerprint density at radius 3 is 2.65 bits per heavy atom. The lowest BCUT2D eigenvalue weighted by Gasteiger charge is -2.17. The van der Waals surface area contributed by atoms with Gasteiger partial charge in [-0.25, -0.2) is 0 Å². The Morgan fingerprint density at radius 1 is 1.09 bits per heavy atom. The Balaban J connectivity index is 1.71. The van der Waals surface area contributed by atoms with Crippen LogP contribution in [0.25, 0.3) is 0 Å². The van der Waals surface area contributed by atoms with Crippen LogP contribution in [-0.4, -0.2) is 31.1 Å². The second-order valence-electron chi connectivity index (χ2n) is 5.80. The summed E-state index contributed by atoms with van der Waals surface area (Å²) in [6.07, 6.45) is 1.21. The van der Waals surface area contributed by atoms with E-state index >= 15 is 0 Å². The summed E-state index contributed by atoms with van der Waals surface area (Å²) in [5.74, 6) is 1.39. The van der Waals surface area contributed by atoms with Crippen LogP contribution in [0.1, 0.15) is 12.0 Å². The molecular weight excluding hydrogens is 333 g/mol. The lowest BCUT2D eigenvalue weighted by atomic mass is 10.2. The predicted molar refractivity (Wildman–Crippen MR) is 93.8 cm³/mol. The number of halogens is 2. The van der Waals surface area contributed by atoms with Crippen molar-refractivity contribution in [2.24, 2.45) is 0 Å². The van der Waals surface area contributed by atoms with Crippen LogP contribution in [0, 0.1) is 0 Å². The van der Waals surface area contributed by atoms with Gasteiger partial charge in [0, 0.05) is 29.2 Å². The van der Waals surface area contributed by atoms with Gasteiger partial charge in [0.2, 0.25) is 0 Å². The first-order valence-electron chi connectivity index (χ1n) is 7.62. The fraction of sp³-hybridized carbons (Fsp3) is 0.333. The quantitative estimate of drug-likeness (QED) is 0.782. The molecule has 0 unspecified atom stereocenters. The Hall–Kier alpha value is -1.42. The van der Waals surface area contributed by atoms with Gasteiger partial charge >= 0.3 is 0 Å². The highest BCUT2D eigenvalue weighted by atomic mass is 35.5. The molecule has 1 fully saturated rings. The third kappa shape index (κ3) is 4.54. The van der Waals surface area contributed by atoms with Gasteiger partial charge in [-0.3, -0.25) is 0 Å². The van der Waals surface area contributed by atoms with Gasteiger partial charge in [-0.1, -0.05) is 35.3 Å². The molecule has 2 aromatic carbocycles. The maximum absolute atomic E-state index is 6.10. The molecule has 1 aliphatic heterocycles. The van der Waals surface area contributed by atoms with Crippen molar-refractivity contribution in [3.05, 3.63) is 58.1 Å². The lowest BCUT2D eigenvalue weighted by molar-refractivity contribution is 0.192. The molecule has 122 valence electrons. The average molecular weight is 352 g/mol. The number of ether oxygens (including phenoxy) is 2. The van der Waals surface area contributed by atoms with E-state index in [2.05, 4.69) is 11.9 Å². The van der Waals surface area contributed by atoms with Gasteiger partial charge in [0.15, 0.2) is 11.5 Å². The van der Waals surface area contributed by atoms with Gasteiger partial charge in [0.25, 0.3) is 0 Å². The van der Waals surface area contributed by atoms with E-state index in [4.69, 9.17) is 32.7 Å². The van der Waals surface area contributed by atoms with Gasteiger partial charge in [-0.05, 0) is 43.3 Å². The van der Waals surface area contributed by atoms with Crippen LogP contribution in [0.4, 0.5) is 0 Å². The molecular formula is C18H19Cl2NO2. The van der Waals surface area contributed by atoms with Crippen molar-refractivity contribution in [1.82, 2.24) is 4.90 Å². The van der Waals surface area contributed by atoms with Crippen LogP contribution in [0.15, 0.2) is 42.5 Å². The summed E-state index contributed by atoms with van der Waals surface area (Å²) >= 11 is 12.1. The van der Waals surface area contributed by atoms with Crippen molar-refractivity contribution < 1.29 is 9.47 Å². The first-order valence-corrected chi connectivity index (χ1v) is 8.38. The van der Waals surface area contributed by atoms with Crippen LogP contribution < -0.4 is 9.47 Å². The van der Waals surface area contributed by atoms with Gasteiger partial charge < -0.3 is 14.4 Å². The number of hydrogen-bond acceptors (Lipinski definition) is 3.